The molecule has 0 amide bonds. The topological polar surface area (TPSA) is 58.9 Å². The van der Waals surface area contributed by atoms with Gasteiger partial charge in [-0.05, 0) is 98.3 Å². The van der Waals surface area contributed by atoms with Gasteiger partial charge in [0.2, 0.25) is 0 Å². The monoisotopic (exact) mass is 474 g/mol. The van der Waals surface area contributed by atoms with Gasteiger partial charge in [-0.3, -0.25) is 0 Å². The van der Waals surface area contributed by atoms with Crippen LogP contribution in [0, 0.1) is 34.5 Å². The number of aliphatic hydroxyl groups is 1. The van der Waals surface area contributed by atoms with Gasteiger partial charge < -0.3 is 19.7 Å². The fourth-order valence-corrected chi connectivity index (χ4v) is 9.95. The quantitative estimate of drug-likeness (QED) is 0.390. The highest BCUT2D eigenvalue weighted by Gasteiger charge is 2.65. The first kappa shape index (κ1) is 24.0. The molecule has 0 heterocycles. The molecule has 2 N–H and O–H groups in total. The first-order chi connectivity index (χ1) is 15.7. The van der Waals surface area contributed by atoms with Crippen LogP contribution < -0.4 is 0 Å². The van der Waals surface area contributed by atoms with Gasteiger partial charge in [0, 0.05) is 43.1 Å². The number of hydrogen-bond donors (Lipinski definition) is 2. The lowest BCUT2D eigenvalue weighted by Gasteiger charge is -2.62. The maximum Gasteiger partial charge on any atom is 0.167 e. The normalized spacial score (nSPS) is 44.0. The molecule has 0 spiro atoms. The zero-order valence-electron chi connectivity index (χ0n) is 20.8. The van der Waals surface area contributed by atoms with Crippen molar-refractivity contribution in [3.63, 3.8) is 0 Å². The highest BCUT2D eigenvalue weighted by Crippen LogP contribution is 2.69. The van der Waals surface area contributed by atoms with Gasteiger partial charge >= 0.3 is 0 Å². The second kappa shape index (κ2) is 8.43. The first-order valence-electron chi connectivity index (χ1n) is 12.9. The molecule has 0 aliphatic heterocycles. The Kier molecular flexibility index (Phi) is 6.12. The minimum atomic E-state index is -0.614. The molecule has 4 fully saturated rings. The van der Waals surface area contributed by atoms with Crippen LogP contribution in [-0.4, -0.2) is 41.6 Å². The van der Waals surface area contributed by atoms with E-state index in [9.17, 15) is 10.2 Å². The van der Waals surface area contributed by atoms with Crippen molar-refractivity contribution in [2.24, 2.45) is 34.5 Å². The molecule has 5 rings (SSSR count). The van der Waals surface area contributed by atoms with Crippen molar-refractivity contribution >= 4 is 11.8 Å². The number of benzene rings is 1. The van der Waals surface area contributed by atoms with Gasteiger partial charge in [0.05, 0.1) is 5.60 Å². The highest BCUT2D eigenvalue weighted by molar-refractivity contribution is 7.99. The summed E-state index contributed by atoms with van der Waals surface area (Å²) in [4.78, 5) is 1.12. The predicted octanol–water partition coefficient (Wildman–Crippen LogP) is 6.25. The summed E-state index contributed by atoms with van der Waals surface area (Å²) in [6, 6.07) is 7.39. The number of fused-ring (bicyclic) bond motifs is 5. The molecule has 33 heavy (non-hydrogen) atoms. The standard InChI is InChI=1S/C28H42O4S/c1-25-15-16-28(31-3,32-4)17-19(25)5-10-22-23(25)11-13-26(2)24(22)12-14-27(26,30)18-33-21-8-6-20(29)7-9-21/h6-9,19,22-24,29-30H,5,10-18H2,1-4H3/t19?,22-,23-,24+,25+,26+,27?/m1/s1. The van der Waals surface area contributed by atoms with Crippen molar-refractivity contribution in [3.05, 3.63) is 24.3 Å². The molecule has 7 atom stereocenters. The van der Waals surface area contributed by atoms with Crippen LogP contribution in [-0.2, 0) is 9.47 Å². The largest absolute Gasteiger partial charge is 0.508 e. The van der Waals surface area contributed by atoms with Crippen LogP contribution in [0.2, 0.25) is 0 Å². The van der Waals surface area contributed by atoms with Gasteiger partial charge in [0.25, 0.3) is 0 Å². The van der Waals surface area contributed by atoms with Crippen molar-refractivity contribution in [1.29, 1.82) is 0 Å². The summed E-state index contributed by atoms with van der Waals surface area (Å²) in [6.45, 7) is 4.96. The van der Waals surface area contributed by atoms with Crippen molar-refractivity contribution in [3.8, 4) is 5.75 Å². The Morgan fingerprint density at radius 2 is 1.61 bits per heavy atom. The number of phenolic OH excluding ortho intramolecular Hbond substituents is 1. The molecule has 184 valence electrons. The molecule has 0 saturated heterocycles. The van der Waals surface area contributed by atoms with Crippen LogP contribution in [0.15, 0.2) is 29.2 Å². The summed E-state index contributed by atoms with van der Waals surface area (Å²) < 4.78 is 11.7. The fraction of sp³-hybridized carbons (Fsp3) is 0.786. The van der Waals surface area contributed by atoms with Crippen LogP contribution >= 0.6 is 11.8 Å². The summed E-state index contributed by atoms with van der Waals surface area (Å²) in [6.07, 6.45) is 10.2. The SMILES string of the molecule is COC1(OC)CC[C@@]2(C)C(CC[C@@H]3[C@H]2CC[C@@]2(C)[C@H]3CCC2(O)CSc2ccc(O)cc2)C1. The average Bonchev–Trinajstić information content (AvgIpc) is 3.09. The van der Waals surface area contributed by atoms with Crippen LogP contribution in [0.3, 0.4) is 0 Å². The molecule has 0 bridgehead atoms. The van der Waals surface area contributed by atoms with Gasteiger partial charge in [-0.15, -0.1) is 11.8 Å². The van der Waals surface area contributed by atoms with E-state index >= 15 is 0 Å². The Bertz CT molecular complexity index is 854. The number of hydrogen-bond acceptors (Lipinski definition) is 5. The maximum atomic E-state index is 12.0. The van der Waals surface area contributed by atoms with E-state index in [1.165, 1.54) is 25.7 Å². The van der Waals surface area contributed by atoms with Crippen LogP contribution in [0.25, 0.3) is 0 Å². The second-order valence-electron chi connectivity index (χ2n) is 12.0. The number of thioether (sulfide) groups is 1. The Morgan fingerprint density at radius 1 is 0.909 bits per heavy atom. The van der Waals surface area contributed by atoms with Gasteiger partial charge in [-0.25, -0.2) is 0 Å². The van der Waals surface area contributed by atoms with Crippen molar-refractivity contribution in [2.45, 2.75) is 87.9 Å². The van der Waals surface area contributed by atoms with Crippen LogP contribution in [0.4, 0.5) is 0 Å². The molecule has 4 saturated carbocycles. The second-order valence-corrected chi connectivity index (χ2v) is 13.0. The summed E-state index contributed by atoms with van der Waals surface area (Å²) in [5, 5.41) is 21.6. The Labute approximate surface area is 203 Å². The minimum Gasteiger partial charge on any atom is -0.508 e. The third-order valence-corrected chi connectivity index (χ3v) is 12.3. The zero-order chi connectivity index (χ0) is 23.5. The van der Waals surface area contributed by atoms with E-state index in [-0.39, 0.29) is 11.2 Å². The fourth-order valence-electron chi connectivity index (χ4n) is 8.74. The molecular formula is C28H42O4S. The molecule has 1 aromatic rings. The molecule has 0 aromatic heterocycles. The molecule has 4 nitrogen and oxygen atoms in total. The summed E-state index contributed by atoms with van der Waals surface area (Å²) in [5.74, 6) is 3.43. The van der Waals surface area contributed by atoms with Crippen molar-refractivity contribution < 1.29 is 19.7 Å². The number of phenols is 1. The van der Waals surface area contributed by atoms with E-state index in [0.29, 0.717) is 23.0 Å². The van der Waals surface area contributed by atoms with E-state index in [4.69, 9.17) is 9.47 Å². The van der Waals surface area contributed by atoms with Gasteiger partial charge in [0.1, 0.15) is 5.75 Å². The molecule has 1 aromatic carbocycles. The zero-order valence-corrected chi connectivity index (χ0v) is 21.6. The predicted molar refractivity (Wildman–Crippen MR) is 132 cm³/mol. The van der Waals surface area contributed by atoms with Crippen molar-refractivity contribution in [2.75, 3.05) is 20.0 Å². The van der Waals surface area contributed by atoms with Gasteiger partial charge in [-0.1, -0.05) is 13.8 Å². The number of rotatable bonds is 5. The lowest BCUT2D eigenvalue weighted by Crippen LogP contribution is -2.58. The average molecular weight is 475 g/mol. The molecule has 4 aliphatic carbocycles. The number of aromatic hydroxyl groups is 1. The van der Waals surface area contributed by atoms with E-state index in [1.54, 1.807) is 38.1 Å². The van der Waals surface area contributed by atoms with Crippen molar-refractivity contribution in [1.82, 2.24) is 0 Å². The maximum absolute atomic E-state index is 12.0. The molecule has 2 unspecified atom stereocenters. The summed E-state index contributed by atoms with van der Waals surface area (Å²) >= 11 is 1.74. The minimum absolute atomic E-state index is 0.00122. The van der Waals surface area contributed by atoms with Crippen LogP contribution in [0.1, 0.15) is 71.6 Å². The Balaban J connectivity index is 1.33. The molecule has 0 radical (unpaired) electrons. The Hall–Kier alpha value is -0.750. The third-order valence-electron chi connectivity index (χ3n) is 11.0. The highest BCUT2D eigenvalue weighted by atomic mass is 32.2. The smallest absolute Gasteiger partial charge is 0.167 e. The van der Waals surface area contributed by atoms with Crippen LogP contribution in [0.5, 0.6) is 5.75 Å². The van der Waals surface area contributed by atoms with Gasteiger partial charge in [0.15, 0.2) is 5.79 Å². The van der Waals surface area contributed by atoms with E-state index in [1.807, 2.05) is 12.1 Å². The lowest BCUT2D eigenvalue weighted by atomic mass is 9.44. The van der Waals surface area contributed by atoms with E-state index < -0.39 is 5.60 Å². The van der Waals surface area contributed by atoms with E-state index in [0.717, 1.165) is 54.6 Å². The first-order valence-corrected chi connectivity index (χ1v) is 13.9. The Morgan fingerprint density at radius 3 is 2.30 bits per heavy atom. The molecule has 5 heteroatoms. The summed E-state index contributed by atoms with van der Waals surface area (Å²) in [5.41, 5.74) is -0.248. The molecule has 4 aliphatic rings. The third kappa shape index (κ3) is 3.68. The summed E-state index contributed by atoms with van der Waals surface area (Å²) in [7, 11) is 3.61. The van der Waals surface area contributed by atoms with E-state index in [2.05, 4.69) is 13.8 Å². The number of ether oxygens (including phenoxy) is 2. The molecular weight excluding hydrogens is 432 g/mol. The lowest BCUT2D eigenvalue weighted by molar-refractivity contribution is -0.262. The number of methoxy groups -OCH3 is 2. The van der Waals surface area contributed by atoms with Gasteiger partial charge in [-0.2, -0.15) is 0 Å².